The van der Waals surface area contributed by atoms with Gasteiger partial charge in [-0.05, 0) is 5.92 Å². The van der Waals surface area contributed by atoms with Crippen molar-refractivity contribution in [3.8, 4) is 0 Å². The van der Waals surface area contributed by atoms with Gasteiger partial charge in [-0.2, -0.15) is 0 Å². The van der Waals surface area contributed by atoms with Crippen LogP contribution in [-0.2, 0) is 0 Å². The topological polar surface area (TPSA) is 0 Å². The lowest BCUT2D eigenvalue weighted by Gasteiger charge is -2.15. The van der Waals surface area contributed by atoms with E-state index in [1.165, 1.54) is 116 Å². The number of hydrogen-bond donors (Lipinski definition) is 0. The van der Waals surface area contributed by atoms with Crippen molar-refractivity contribution in [2.45, 2.75) is 136 Å². The van der Waals surface area contributed by atoms with E-state index < -0.39 is 0 Å². The number of unbranched alkanes of at least 4 members (excludes halogenated alkanes) is 13. The SMILES string of the molecule is [CH2]CCCCC(CCC)CCCCCCCCCCCCCC. The van der Waals surface area contributed by atoms with E-state index in [-0.39, 0.29) is 0 Å². The van der Waals surface area contributed by atoms with Crippen LogP contribution in [-0.4, -0.2) is 0 Å². The maximum atomic E-state index is 3.96. The molecule has 0 aliphatic carbocycles. The second kappa shape index (κ2) is 20.0. The first kappa shape index (κ1) is 23.0. The molecule has 0 aliphatic heterocycles. The minimum atomic E-state index is 1.01. The Hall–Kier alpha value is 0. The van der Waals surface area contributed by atoms with Gasteiger partial charge in [-0.25, -0.2) is 0 Å². The molecule has 0 heteroatoms. The van der Waals surface area contributed by atoms with Crippen LogP contribution in [0.5, 0.6) is 0 Å². The van der Waals surface area contributed by atoms with Crippen molar-refractivity contribution in [3.63, 3.8) is 0 Å². The lowest BCUT2D eigenvalue weighted by atomic mass is 9.91. The fourth-order valence-corrected chi connectivity index (χ4v) is 3.73. The van der Waals surface area contributed by atoms with E-state index >= 15 is 0 Å². The molecule has 0 aromatic rings. The quantitative estimate of drug-likeness (QED) is 0.208. The van der Waals surface area contributed by atoms with E-state index in [0.717, 1.165) is 12.3 Å². The van der Waals surface area contributed by atoms with Crippen LogP contribution in [0.15, 0.2) is 0 Å². The van der Waals surface area contributed by atoms with Gasteiger partial charge in [0.1, 0.15) is 0 Å². The lowest BCUT2D eigenvalue weighted by Crippen LogP contribution is -2.00. The predicted octanol–water partition coefficient (Wildman–Crippen LogP) is 8.89. The average molecular weight is 324 g/mol. The zero-order chi connectivity index (χ0) is 17.0. The molecule has 0 saturated carbocycles. The highest BCUT2D eigenvalue weighted by atomic mass is 14.1. The summed E-state index contributed by atoms with van der Waals surface area (Å²) < 4.78 is 0. The van der Waals surface area contributed by atoms with Crippen molar-refractivity contribution in [3.05, 3.63) is 6.92 Å². The Balaban J connectivity index is 3.28. The maximum absolute atomic E-state index is 3.96. The molecular formula is C23H47. The van der Waals surface area contributed by atoms with Gasteiger partial charge >= 0.3 is 0 Å². The second-order valence-electron chi connectivity index (χ2n) is 7.68. The summed E-state index contributed by atoms with van der Waals surface area (Å²) in [6.07, 6.45) is 27.2. The van der Waals surface area contributed by atoms with Gasteiger partial charge in [-0.1, -0.05) is 143 Å². The third kappa shape index (κ3) is 18.2. The minimum Gasteiger partial charge on any atom is -0.0654 e. The van der Waals surface area contributed by atoms with Crippen LogP contribution in [0.2, 0.25) is 0 Å². The summed E-state index contributed by atoms with van der Waals surface area (Å²) in [6.45, 7) is 8.61. The molecule has 0 heterocycles. The smallest absolute Gasteiger partial charge is 0.0414 e. The fourth-order valence-electron chi connectivity index (χ4n) is 3.73. The van der Waals surface area contributed by atoms with Crippen LogP contribution in [0.4, 0.5) is 0 Å². The van der Waals surface area contributed by atoms with Crippen LogP contribution in [0.1, 0.15) is 136 Å². The Morgan fingerprint density at radius 3 is 1.35 bits per heavy atom. The van der Waals surface area contributed by atoms with Crippen molar-refractivity contribution in [2.24, 2.45) is 5.92 Å². The molecule has 0 bridgehead atoms. The Morgan fingerprint density at radius 1 is 0.478 bits per heavy atom. The van der Waals surface area contributed by atoms with E-state index in [2.05, 4.69) is 20.8 Å². The summed E-state index contributed by atoms with van der Waals surface area (Å²) in [5, 5.41) is 0. The second-order valence-corrected chi connectivity index (χ2v) is 7.68. The van der Waals surface area contributed by atoms with E-state index in [0.29, 0.717) is 0 Å². The van der Waals surface area contributed by atoms with Crippen molar-refractivity contribution in [1.29, 1.82) is 0 Å². The molecule has 0 spiro atoms. The van der Waals surface area contributed by atoms with Crippen LogP contribution in [0.3, 0.4) is 0 Å². The third-order valence-electron chi connectivity index (χ3n) is 5.28. The number of hydrogen-bond acceptors (Lipinski definition) is 0. The Bertz CT molecular complexity index is 196. The molecule has 0 aliphatic rings. The first-order valence-electron chi connectivity index (χ1n) is 11.1. The van der Waals surface area contributed by atoms with Gasteiger partial charge in [0.2, 0.25) is 0 Å². The molecule has 0 rings (SSSR count). The molecule has 0 aromatic heterocycles. The highest BCUT2D eigenvalue weighted by molar-refractivity contribution is 4.60. The van der Waals surface area contributed by atoms with Crippen LogP contribution in [0.25, 0.3) is 0 Å². The summed E-state index contributed by atoms with van der Waals surface area (Å²) >= 11 is 0. The molecule has 0 saturated heterocycles. The maximum Gasteiger partial charge on any atom is -0.0414 e. The molecule has 1 unspecified atom stereocenters. The Kier molecular flexibility index (Phi) is 20.0. The normalized spacial score (nSPS) is 12.7. The van der Waals surface area contributed by atoms with Crippen molar-refractivity contribution in [2.75, 3.05) is 0 Å². The standard InChI is InChI=1S/C23H47/c1-4-7-9-10-11-12-13-14-15-16-17-19-22-23(20-6-3)21-18-8-5-2/h23H,2,4-22H2,1,3H3. The average Bonchev–Trinajstić information content (AvgIpc) is 2.56. The Labute approximate surface area is 149 Å². The predicted molar refractivity (Wildman–Crippen MR) is 108 cm³/mol. The van der Waals surface area contributed by atoms with E-state index in [4.69, 9.17) is 0 Å². The van der Waals surface area contributed by atoms with Crippen LogP contribution < -0.4 is 0 Å². The van der Waals surface area contributed by atoms with Crippen LogP contribution in [0, 0.1) is 12.8 Å². The summed E-state index contributed by atoms with van der Waals surface area (Å²) in [6, 6.07) is 0. The zero-order valence-corrected chi connectivity index (χ0v) is 16.7. The van der Waals surface area contributed by atoms with E-state index in [9.17, 15) is 0 Å². The molecule has 139 valence electrons. The van der Waals surface area contributed by atoms with Gasteiger partial charge in [0.05, 0.1) is 0 Å². The van der Waals surface area contributed by atoms with Gasteiger partial charge in [0, 0.05) is 0 Å². The summed E-state index contributed by atoms with van der Waals surface area (Å²) in [7, 11) is 0. The summed E-state index contributed by atoms with van der Waals surface area (Å²) in [5.41, 5.74) is 0. The van der Waals surface area contributed by atoms with Gasteiger partial charge in [0.25, 0.3) is 0 Å². The molecule has 0 nitrogen and oxygen atoms in total. The largest absolute Gasteiger partial charge is 0.0654 e. The van der Waals surface area contributed by atoms with E-state index in [1.54, 1.807) is 0 Å². The van der Waals surface area contributed by atoms with Gasteiger partial charge in [-0.15, -0.1) is 0 Å². The Morgan fingerprint density at radius 2 is 0.913 bits per heavy atom. The minimum absolute atomic E-state index is 1.01. The monoisotopic (exact) mass is 323 g/mol. The first-order chi connectivity index (χ1) is 11.3. The third-order valence-corrected chi connectivity index (χ3v) is 5.28. The van der Waals surface area contributed by atoms with E-state index in [1.807, 2.05) is 0 Å². The molecule has 1 radical (unpaired) electrons. The molecule has 0 amide bonds. The van der Waals surface area contributed by atoms with Gasteiger partial charge in [0.15, 0.2) is 0 Å². The highest BCUT2D eigenvalue weighted by Crippen LogP contribution is 2.22. The molecule has 1 atom stereocenters. The molecule has 0 aromatic carbocycles. The summed E-state index contributed by atoms with van der Waals surface area (Å²) in [5.74, 6) is 1.01. The molecular weight excluding hydrogens is 276 g/mol. The van der Waals surface area contributed by atoms with Crippen molar-refractivity contribution >= 4 is 0 Å². The highest BCUT2D eigenvalue weighted by Gasteiger charge is 2.07. The molecule has 0 fully saturated rings. The first-order valence-corrected chi connectivity index (χ1v) is 11.1. The van der Waals surface area contributed by atoms with Crippen LogP contribution >= 0.6 is 0 Å². The van der Waals surface area contributed by atoms with Crippen molar-refractivity contribution in [1.82, 2.24) is 0 Å². The molecule has 0 N–H and O–H groups in total. The van der Waals surface area contributed by atoms with Gasteiger partial charge < -0.3 is 0 Å². The van der Waals surface area contributed by atoms with Gasteiger partial charge in [-0.3, -0.25) is 0 Å². The zero-order valence-electron chi connectivity index (χ0n) is 16.7. The fraction of sp³-hybridized carbons (Fsp3) is 0.957. The summed E-state index contributed by atoms with van der Waals surface area (Å²) in [4.78, 5) is 0. The van der Waals surface area contributed by atoms with Crippen molar-refractivity contribution < 1.29 is 0 Å². The molecule has 23 heavy (non-hydrogen) atoms. The lowest BCUT2D eigenvalue weighted by molar-refractivity contribution is 0.381. The number of rotatable bonds is 19.